The maximum Gasteiger partial charge on any atom is 0.354 e. The van der Waals surface area contributed by atoms with Crippen LogP contribution in [0.1, 0.15) is 78.1 Å². The number of carboxylic acids is 1. The Morgan fingerprint density at radius 2 is 1.25 bits per heavy atom. The van der Waals surface area contributed by atoms with Gasteiger partial charge in [-0.15, -0.1) is 0 Å². The van der Waals surface area contributed by atoms with Crippen LogP contribution < -0.4 is 16.0 Å². The Balaban J connectivity index is 0.000000222. The van der Waals surface area contributed by atoms with Crippen molar-refractivity contribution in [3.63, 3.8) is 0 Å². The predicted octanol–water partition coefficient (Wildman–Crippen LogP) is 2.50. The molecular formula is C36H37F2N11O7S. The molecule has 4 aromatic heterocycles. The van der Waals surface area contributed by atoms with E-state index < -0.39 is 33.5 Å². The van der Waals surface area contributed by atoms with Crippen molar-refractivity contribution in [3.05, 3.63) is 118 Å². The molecule has 57 heavy (non-hydrogen) atoms. The van der Waals surface area contributed by atoms with Gasteiger partial charge in [-0.3, -0.25) is 14.4 Å². The third kappa shape index (κ3) is 9.92. The van der Waals surface area contributed by atoms with Crippen LogP contribution in [0.15, 0.2) is 61.2 Å². The quantitative estimate of drug-likeness (QED) is 0.156. The molecule has 1 atom stereocenters. The van der Waals surface area contributed by atoms with Gasteiger partial charge in [-0.25, -0.2) is 32.0 Å². The van der Waals surface area contributed by atoms with Gasteiger partial charge in [-0.05, 0) is 60.6 Å². The van der Waals surface area contributed by atoms with Crippen molar-refractivity contribution in [3.8, 4) is 0 Å². The third-order valence-electron chi connectivity index (χ3n) is 8.65. The second-order valence-electron chi connectivity index (χ2n) is 12.8. The summed E-state index contributed by atoms with van der Waals surface area (Å²) in [5.41, 5.74) is 2.07. The fraction of sp³-hybridized carbons (Fsp3) is 0.278. The number of halogens is 2. The second-order valence-corrected chi connectivity index (χ2v) is 15.0. The highest BCUT2D eigenvalue weighted by Crippen LogP contribution is 2.18. The number of carbonyl (C=O) groups excluding carboxylic acids is 3. The highest BCUT2D eigenvalue weighted by Gasteiger charge is 2.28. The monoisotopic (exact) mass is 805 g/mol. The molecule has 0 aliphatic carbocycles. The molecule has 6 aromatic rings. The van der Waals surface area contributed by atoms with Gasteiger partial charge < -0.3 is 21.1 Å². The van der Waals surface area contributed by atoms with E-state index in [4.69, 9.17) is 0 Å². The number of carboxylic acid groups (broad SMARTS) is 1. The van der Waals surface area contributed by atoms with Gasteiger partial charge in [0.05, 0.1) is 11.5 Å². The van der Waals surface area contributed by atoms with Crippen molar-refractivity contribution >= 4 is 45.1 Å². The average molecular weight is 806 g/mol. The lowest BCUT2D eigenvalue weighted by molar-refractivity contribution is 0.0686. The van der Waals surface area contributed by atoms with Crippen molar-refractivity contribution in [1.82, 2.24) is 55.1 Å². The Hall–Kier alpha value is -6.77. The highest BCUT2D eigenvalue weighted by molar-refractivity contribution is 7.91. The molecule has 4 N–H and O–H groups in total. The summed E-state index contributed by atoms with van der Waals surface area (Å²) in [5, 5.41) is 24.9. The van der Waals surface area contributed by atoms with Crippen molar-refractivity contribution in [1.29, 1.82) is 0 Å². The maximum absolute atomic E-state index is 13.4. The average Bonchev–Trinajstić information content (AvgIpc) is 3.93. The van der Waals surface area contributed by atoms with Gasteiger partial charge in [0.15, 0.2) is 15.5 Å². The van der Waals surface area contributed by atoms with E-state index in [1.165, 1.54) is 29.0 Å². The van der Waals surface area contributed by atoms with Crippen molar-refractivity contribution in [2.24, 2.45) is 5.92 Å². The normalized spacial score (nSPS) is 14.3. The summed E-state index contributed by atoms with van der Waals surface area (Å²) in [6.07, 6.45) is 2.86. The Morgan fingerprint density at radius 3 is 1.70 bits per heavy atom. The molecule has 21 heteroatoms. The Morgan fingerprint density at radius 1 is 0.754 bits per heavy atom. The van der Waals surface area contributed by atoms with Crippen molar-refractivity contribution in [2.75, 3.05) is 18.1 Å². The highest BCUT2D eigenvalue weighted by atomic mass is 32.2. The summed E-state index contributed by atoms with van der Waals surface area (Å²) in [4.78, 5) is 64.7. The van der Waals surface area contributed by atoms with Gasteiger partial charge in [0.25, 0.3) is 29.3 Å². The second kappa shape index (κ2) is 17.4. The molecule has 7 rings (SSSR count). The zero-order chi connectivity index (χ0) is 40.1. The lowest BCUT2D eigenvalue weighted by Gasteiger charge is -2.11. The van der Waals surface area contributed by atoms with Crippen LogP contribution in [0.5, 0.6) is 0 Å². The number of carbonyl (C=O) groups is 4. The first-order chi connectivity index (χ1) is 26.7. The summed E-state index contributed by atoms with van der Waals surface area (Å²) < 4.78 is 52.1. The summed E-state index contributed by atoms with van der Waals surface area (Å²) in [5.74, 6) is -3.43. The molecule has 1 aliphatic heterocycles. The van der Waals surface area contributed by atoms with Gasteiger partial charge in [-0.2, -0.15) is 29.2 Å². The largest absolute Gasteiger partial charge is 0.477 e. The molecule has 0 spiro atoms. The number of nitrogens with one attached hydrogen (secondary N) is 3. The van der Waals surface area contributed by atoms with Gasteiger partial charge in [-0.1, -0.05) is 31.7 Å². The standard InChI is InChI=1S/C20H21FN6O4S.C15H12FN5O3.CH4/c1-12-6-13(2-3-15(12)21)8-22-18(28)16-7-17(27-20(26-16)24-11-25-27)19(29)23-9-14-4-5-32(30,31)10-14;1-8-4-9(2-3-10(8)16)6-17-13(22)11-5-12(14(23)24)21-15(20-11)18-7-19-21;/h2-3,6-7,11,14H,4-5,8-10H2,1H3,(H,22,28)(H,23,29);2-5,7H,6H2,1H3,(H,17,22)(H,23,24);1H4. The van der Waals surface area contributed by atoms with E-state index in [-0.39, 0.29) is 90.4 Å². The molecule has 298 valence electrons. The first kappa shape index (κ1) is 41.4. The molecule has 18 nitrogen and oxygen atoms in total. The van der Waals surface area contributed by atoms with E-state index in [0.717, 1.165) is 16.9 Å². The van der Waals surface area contributed by atoms with Crippen LogP contribution >= 0.6 is 0 Å². The molecule has 3 amide bonds. The molecule has 1 saturated heterocycles. The van der Waals surface area contributed by atoms with Gasteiger partial charge in [0.2, 0.25) is 0 Å². The molecule has 0 radical (unpaired) electrons. The summed E-state index contributed by atoms with van der Waals surface area (Å²) in [6.45, 7) is 3.76. The number of benzene rings is 2. The first-order valence-corrected chi connectivity index (χ1v) is 18.7. The number of aromatic nitrogens is 8. The zero-order valence-electron chi connectivity index (χ0n) is 29.7. The van der Waals surface area contributed by atoms with Gasteiger partial charge >= 0.3 is 5.97 Å². The lowest BCUT2D eigenvalue weighted by Crippen LogP contribution is -2.32. The van der Waals surface area contributed by atoms with Crippen molar-refractivity contribution < 1.29 is 41.5 Å². The predicted molar refractivity (Wildman–Crippen MR) is 199 cm³/mol. The maximum atomic E-state index is 13.4. The number of amides is 3. The minimum Gasteiger partial charge on any atom is -0.477 e. The Labute approximate surface area is 323 Å². The molecule has 1 unspecified atom stereocenters. The molecule has 1 fully saturated rings. The number of aromatic carboxylic acids is 1. The minimum absolute atomic E-state index is 0. The van der Waals surface area contributed by atoms with E-state index in [1.54, 1.807) is 38.1 Å². The number of rotatable bonds is 10. The van der Waals surface area contributed by atoms with E-state index in [9.17, 15) is 41.5 Å². The number of hydrogen-bond donors (Lipinski definition) is 4. The number of nitrogens with zero attached hydrogens (tertiary/aromatic N) is 8. The SMILES string of the molecule is C.Cc1cc(CNC(=O)c2cc(C(=O)NCC3CCS(=O)(=O)C3)n3ncnc3n2)ccc1F.Cc1cc(CNC(=O)c2cc(C(=O)O)n3ncnc3n2)ccc1F. The van der Waals surface area contributed by atoms with Gasteiger partial charge in [0.1, 0.15) is 41.4 Å². The Bertz CT molecular complexity index is 2610. The fourth-order valence-electron chi connectivity index (χ4n) is 5.71. The van der Waals surface area contributed by atoms with Crippen LogP contribution in [-0.2, 0) is 22.9 Å². The first-order valence-electron chi connectivity index (χ1n) is 16.9. The number of fused-ring (bicyclic) bond motifs is 2. The molecule has 2 aromatic carbocycles. The van der Waals surface area contributed by atoms with E-state index in [2.05, 4.69) is 46.1 Å². The molecular weight excluding hydrogens is 769 g/mol. The lowest BCUT2D eigenvalue weighted by atomic mass is 10.1. The zero-order valence-corrected chi connectivity index (χ0v) is 30.5. The minimum atomic E-state index is -3.05. The molecule has 0 saturated carbocycles. The van der Waals surface area contributed by atoms with Crippen molar-refractivity contribution in [2.45, 2.75) is 40.8 Å². The van der Waals surface area contributed by atoms with Crippen LogP contribution in [0.25, 0.3) is 11.6 Å². The number of hydrogen-bond acceptors (Lipinski definition) is 12. The summed E-state index contributed by atoms with van der Waals surface area (Å²) in [6, 6.07) is 11.4. The molecule has 1 aliphatic rings. The third-order valence-corrected chi connectivity index (χ3v) is 10.5. The molecule has 5 heterocycles. The van der Waals surface area contributed by atoms with Gasteiger partial charge in [0, 0.05) is 31.8 Å². The van der Waals surface area contributed by atoms with Crippen LogP contribution in [-0.4, -0.2) is 94.4 Å². The summed E-state index contributed by atoms with van der Waals surface area (Å²) in [7, 11) is -3.05. The topological polar surface area (TPSA) is 245 Å². The fourth-order valence-corrected chi connectivity index (χ4v) is 7.57. The van der Waals surface area contributed by atoms with Crippen LogP contribution in [0.4, 0.5) is 8.78 Å². The van der Waals surface area contributed by atoms with E-state index >= 15 is 0 Å². The van der Waals surface area contributed by atoms with Crippen LogP contribution in [0.3, 0.4) is 0 Å². The number of aryl methyl sites for hydroxylation is 2. The number of sulfone groups is 1. The van der Waals surface area contributed by atoms with Crippen LogP contribution in [0.2, 0.25) is 0 Å². The summed E-state index contributed by atoms with van der Waals surface area (Å²) >= 11 is 0. The van der Waals surface area contributed by atoms with E-state index in [0.29, 0.717) is 28.7 Å². The Kier molecular flexibility index (Phi) is 12.6. The van der Waals surface area contributed by atoms with Crippen LogP contribution in [0, 0.1) is 31.4 Å². The molecule has 0 bridgehead atoms. The van der Waals surface area contributed by atoms with E-state index in [1.807, 2.05) is 0 Å². The smallest absolute Gasteiger partial charge is 0.354 e.